The number of hydrogen-bond acceptors (Lipinski definition) is 4. The summed E-state index contributed by atoms with van der Waals surface area (Å²) in [6.07, 6.45) is 5.16. The van der Waals surface area contributed by atoms with Crippen LogP contribution in [0.15, 0.2) is 65.5 Å². The van der Waals surface area contributed by atoms with Crippen molar-refractivity contribution in [3.63, 3.8) is 0 Å². The predicted molar refractivity (Wildman–Crippen MR) is 86.4 cm³/mol. The molecule has 2 heterocycles. The molecular weight excluding hydrogens is 290 g/mol. The maximum absolute atomic E-state index is 12.1. The molecule has 0 radical (unpaired) electrons. The molecule has 23 heavy (non-hydrogen) atoms. The molecule has 0 saturated heterocycles. The molecule has 1 unspecified atom stereocenters. The number of oxazole rings is 1. The number of carbonyl (C=O) groups is 1. The number of nitrogens with one attached hydrogen (secondary N) is 1. The number of pyridine rings is 1. The second kappa shape index (κ2) is 6.87. The zero-order valence-corrected chi connectivity index (χ0v) is 12.8. The Kier molecular flexibility index (Phi) is 4.47. The van der Waals surface area contributed by atoms with Crippen LogP contribution in [-0.2, 0) is 11.2 Å². The first-order chi connectivity index (χ1) is 11.2. The maximum Gasteiger partial charge on any atom is 0.226 e. The minimum atomic E-state index is -0.103. The zero-order valence-electron chi connectivity index (χ0n) is 12.8. The molecule has 0 aliphatic rings. The number of nitrogens with zero attached hydrogens (tertiary/aromatic N) is 2. The van der Waals surface area contributed by atoms with Crippen LogP contribution < -0.4 is 5.32 Å². The Morgan fingerprint density at radius 1 is 1.22 bits per heavy atom. The van der Waals surface area contributed by atoms with Crippen molar-refractivity contribution in [1.29, 1.82) is 0 Å². The summed E-state index contributed by atoms with van der Waals surface area (Å²) in [6.45, 7) is 1.92. The van der Waals surface area contributed by atoms with Gasteiger partial charge in [-0.05, 0) is 30.7 Å². The normalized spacial score (nSPS) is 11.9. The van der Waals surface area contributed by atoms with Crippen LogP contribution in [0.5, 0.6) is 0 Å². The number of rotatable bonds is 5. The Bertz CT molecular complexity index is 769. The van der Waals surface area contributed by atoms with Crippen LogP contribution >= 0.6 is 0 Å². The SMILES string of the molecule is CC(NC(=O)Cc1coc(-c2ccccc2)n1)c1cccnc1. The van der Waals surface area contributed by atoms with Gasteiger partial charge >= 0.3 is 0 Å². The third-order valence-corrected chi connectivity index (χ3v) is 3.48. The quantitative estimate of drug-likeness (QED) is 0.786. The second-order valence-electron chi connectivity index (χ2n) is 5.26. The minimum Gasteiger partial charge on any atom is -0.444 e. The van der Waals surface area contributed by atoms with E-state index in [-0.39, 0.29) is 18.4 Å². The molecule has 3 rings (SSSR count). The molecule has 1 atom stereocenters. The summed E-state index contributed by atoms with van der Waals surface area (Å²) >= 11 is 0. The molecule has 2 aromatic heterocycles. The number of amides is 1. The van der Waals surface area contributed by atoms with Crippen molar-refractivity contribution in [3.05, 3.63) is 72.4 Å². The number of carbonyl (C=O) groups excluding carboxylic acids is 1. The van der Waals surface area contributed by atoms with Gasteiger partial charge in [-0.2, -0.15) is 0 Å². The molecule has 0 bridgehead atoms. The Labute approximate surface area is 134 Å². The highest BCUT2D eigenvalue weighted by Gasteiger charge is 2.13. The van der Waals surface area contributed by atoms with Gasteiger partial charge < -0.3 is 9.73 Å². The van der Waals surface area contributed by atoms with Gasteiger partial charge in [0.25, 0.3) is 0 Å². The Hall–Kier alpha value is -2.95. The molecule has 116 valence electrons. The topological polar surface area (TPSA) is 68.0 Å². The lowest BCUT2D eigenvalue weighted by atomic mass is 10.1. The van der Waals surface area contributed by atoms with Crippen LogP contribution in [0.1, 0.15) is 24.2 Å². The van der Waals surface area contributed by atoms with Crippen LogP contribution in [0.25, 0.3) is 11.5 Å². The van der Waals surface area contributed by atoms with Crippen molar-refractivity contribution < 1.29 is 9.21 Å². The first-order valence-electron chi connectivity index (χ1n) is 7.41. The lowest BCUT2D eigenvalue weighted by Crippen LogP contribution is -2.28. The van der Waals surface area contributed by atoms with E-state index in [1.807, 2.05) is 49.4 Å². The summed E-state index contributed by atoms with van der Waals surface area (Å²) in [5, 5.41) is 2.93. The van der Waals surface area contributed by atoms with Gasteiger partial charge in [-0.3, -0.25) is 9.78 Å². The van der Waals surface area contributed by atoms with E-state index in [9.17, 15) is 4.79 Å². The molecule has 0 saturated carbocycles. The van der Waals surface area contributed by atoms with Gasteiger partial charge in [0.2, 0.25) is 11.8 Å². The fourth-order valence-electron chi connectivity index (χ4n) is 2.27. The summed E-state index contributed by atoms with van der Waals surface area (Å²) in [4.78, 5) is 20.5. The summed E-state index contributed by atoms with van der Waals surface area (Å²) in [6, 6.07) is 13.3. The van der Waals surface area contributed by atoms with E-state index >= 15 is 0 Å². The van der Waals surface area contributed by atoms with Crippen molar-refractivity contribution in [2.24, 2.45) is 0 Å². The number of aromatic nitrogens is 2. The highest BCUT2D eigenvalue weighted by Crippen LogP contribution is 2.18. The maximum atomic E-state index is 12.1. The number of hydrogen-bond donors (Lipinski definition) is 1. The van der Waals surface area contributed by atoms with E-state index in [0.717, 1.165) is 11.1 Å². The van der Waals surface area contributed by atoms with Gasteiger partial charge in [-0.1, -0.05) is 24.3 Å². The molecule has 5 nitrogen and oxygen atoms in total. The third kappa shape index (κ3) is 3.83. The molecule has 3 aromatic rings. The van der Waals surface area contributed by atoms with E-state index in [1.54, 1.807) is 12.4 Å². The van der Waals surface area contributed by atoms with Crippen molar-refractivity contribution in [2.75, 3.05) is 0 Å². The zero-order chi connectivity index (χ0) is 16.1. The highest BCUT2D eigenvalue weighted by molar-refractivity contribution is 5.78. The second-order valence-corrected chi connectivity index (χ2v) is 5.26. The molecule has 0 aliphatic carbocycles. The molecule has 5 heteroatoms. The largest absolute Gasteiger partial charge is 0.444 e. The lowest BCUT2D eigenvalue weighted by molar-refractivity contribution is -0.121. The number of benzene rings is 1. The molecule has 1 N–H and O–H groups in total. The van der Waals surface area contributed by atoms with E-state index in [2.05, 4.69) is 15.3 Å². The monoisotopic (exact) mass is 307 g/mol. The van der Waals surface area contributed by atoms with Gasteiger partial charge in [0.1, 0.15) is 6.26 Å². The van der Waals surface area contributed by atoms with E-state index in [1.165, 1.54) is 6.26 Å². The summed E-state index contributed by atoms with van der Waals surface area (Å²) < 4.78 is 5.44. The predicted octanol–water partition coefficient (Wildman–Crippen LogP) is 3.16. The highest BCUT2D eigenvalue weighted by atomic mass is 16.3. The van der Waals surface area contributed by atoms with Crippen LogP contribution in [0, 0.1) is 0 Å². The standard InChI is InChI=1S/C18H17N3O2/c1-13(15-8-5-9-19-11-15)20-17(22)10-16-12-23-18(21-16)14-6-3-2-4-7-14/h2-9,11-13H,10H2,1H3,(H,20,22). The van der Waals surface area contributed by atoms with Crippen LogP contribution in [0.3, 0.4) is 0 Å². The summed E-state index contributed by atoms with van der Waals surface area (Å²) in [5.41, 5.74) is 2.47. The Morgan fingerprint density at radius 3 is 2.78 bits per heavy atom. The van der Waals surface area contributed by atoms with Crippen molar-refractivity contribution >= 4 is 5.91 Å². The smallest absolute Gasteiger partial charge is 0.226 e. The molecule has 0 aliphatic heterocycles. The molecule has 1 aromatic carbocycles. The van der Waals surface area contributed by atoms with E-state index in [4.69, 9.17) is 4.42 Å². The van der Waals surface area contributed by atoms with E-state index < -0.39 is 0 Å². The average Bonchev–Trinajstić information content (AvgIpc) is 3.04. The molecule has 0 spiro atoms. The van der Waals surface area contributed by atoms with Gasteiger partial charge in [-0.15, -0.1) is 0 Å². The average molecular weight is 307 g/mol. The van der Waals surface area contributed by atoms with Crippen molar-refractivity contribution in [2.45, 2.75) is 19.4 Å². The summed E-state index contributed by atoms with van der Waals surface area (Å²) in [7, 11) is 0. The molecular formula is C18H17N3O2. The van der Waals surface area contributed by atoms with Gasteiger partial charge in [0.05, 0.1) is 18.2 Å². The van der Waals surface area contributed by atoms with Crippen molar-refractivity contribution in [1.82, 2.24) is 15.3 Å². The lowest BCUT2D eigenvalue weighted by Gasteiger charge is -2.13. The Morgan fingerprint density at radius 2 is 2.04 bits per heavy atom. The van der Waals surface area contributed by atoms with Crippen molar-refractivity contribution in [3.8, 4) is 11.5 Å². The fourth-order valence-corrected chi connectivity index (χ4v) is 2.27. The third-order valence-electron chi connectivity index (χ3n) is 3.48. The van der Waals surface area contributed by atoms with Gasteiger partial charge in [0.15, 0.2) is 0 Å². The van der Waals surface area contributed by atoms with E-state index in [0.29, 0.717) is 11.6 Å². The molecule has 1 amide bonds. The summed E-state index contributed by atoms with van der Waals surface area (Å²) in [5.74, 6) is 0.419. The first kappa shape index (κ1) is 15.0. The van der Waals surface area contributed by atoms with Gasteiger partial charge in [0, 0.05) is 18.0 Å². The van der Waals surface area contributed by atoms with Gasteiger partial charge in [-0.25, -0.2) is 4.98 Å². The molecule has 0 fully saturated rings. The Balaban J connectivity index is 1.61. The fraction of sp³-hybridized carbons (Fsp3) is 0.167. The minimum absolute atomic E-state index is 0.100. The van der Waals surface area contributed by atoms with Crippen LogP contribution in [0.2, 0.25) is 0 Å². The van der Waals surface area contributed by atoms with Crippen LogP contribution in [-0.4, -0.2) is 15.9 Å². The first-order valence-corrected chi connectivity index (χ1v) is 7.41. The van der Waals surface area contributed by atoms with Crippen LogP contribution in [0.4, 0.5) is 0 Å².